The molecule has 1 aliphatic carbocycles. The van der Waals surface area contributed by atoms with E-state index in [0.29, 0.717) is 12.5 Å². The van der Waals surface area contributed by atoms with E-state index in [2.05, 4.69) is 78.8 Å². The van der Waals surface area contributed by atoms with Gasteiger partial charge in [-0.15, -0.1) is 0 Å². The number of hydrogen-bond acceptors (Lipinski definition) is 4. The van der Waals surface area contributed by atoms with Gasteiger partial charge in [-0.25, -0.2) is 0 Å². The highest BCUT2D eigenvalue weighted by molar-refractivity contribution is 6.61. The minimum atomic E-state index is -0.324. The Morgan fingerprint density at radius 1 is 1.06 bits per heavy atom. The number of benzene rings is 1. The SMILES string of the molecule is CCOB(OC(C)(C)CC)c1ccc(C2CC=C(B3OC(C)(C)C(C)(C)O3)CC2)cc1. The molecule has 1 aromatic rings. The summed E-state index contributed by atoms with van der Waals surface area (Å²) < 4.78 is 24.6. The maximum absolute atomic E-state index is 6.24. The molecular formula is C25H40B2O4. The molecule has 2 aliphatic rings. The molecule has 0 aromatic heterocycles. The molecular weight excluding hydrogens is 386 g/mol. The molecule has 0 bridgehead atoms. The lowest BCUT2D eigenvalue weighted by atomic mass is 9.69. The van der Waals surface area contributed by atoms with Crippen LogP contribution in [0.2, 0.25) is 0 Å². The van der Waals surface area contributed by atoms with Crippen LogP contribution in [0.1, 0.15) is 92.6 Å². The molecule has 170 valence electrons. The fourth-order valence-electron chi connectivity index (χ4n) is 4.01. The maximum Gasteiger partial charge on any atom is 0.494 e. The van der Waals surface area contributed by atoms with E-state index < -0.39 is 0 Å². The van der Waals surface area contributed by atoms with Crippen LogP contribution in [0.5, 0.6) is 0 Å². The summed E-state index contributed by atoms with van der Waals surface area (Å²) in [5.41, 5.74) is 2.97. The Bertz CT molecular complexity index is 754. The monoisotopic (exact) mass is 426 g/mol. The van der Waals surface area contributed by atoms with E-state index in [-0.39, 0.29) is 31.0 Å². The first-order valence-electron chi connectivity index (χ1n) is 11.9. The van der Waals surface area contributed by atoms with E-state index in [0.717, 1.165) is 31.1 Å². The maximum atomic E-state index is 6.24. The summed E-state index contributed by atoms with van der Waals surface area (Å²) in [5, 5.41) is 0. The molecule has 1 heterocycles. The van der Waals surface area contributed by atoms with Crippen LogP contribution in [0.15, 0.2) is 35.8 Å². The van der Waals surface area contributed by atoms with Gasteiger partial charge in [-0.05, 0) is 96.6 Å². The zero-order chi connectivity index (χ0) is 22.9. The Hall–Kier alpha value is -1.07. The van der Waals surface area contributed by atoms with Crippen molar-refractivity contribution in [3.63, 3.8) is 0 Å². The molecule has 1 aromatic carbocycles. The number of allylic oxidation sites excluding steroid dienone is 2. The summed E-state index contributed by atoms with van der Waals surface area (Å²) in [6.45, 7) is 17.4. The molecule has 0 amide bonds. The van der Waals surface area contributed by atoms with Gasteiger partial charge >= 0.3 is 14.2 Å². The zero-order valence-electron chi connectivity index (χ0n) is 20.8. The fraction of sp³-hybridized carbons (Fsp3) is 0.680. The third-order valence-electron chi connectivity index (χ3n) is 7.28. The summed E-state index contributed by atoms with van der Waals surface area (Å²) >= 11 is 0. The average Bonchev–Trinajstić information content (AvgIpc) is 2.95. The molecule has 1 saturated heterocycles. The van der Waals surface area contributed by atoms with E-state index in [1.807, 2.05) is 6.92 Å². The van der Waals surface area contributed by atoms with Crippen LogP contribution in [-0.4, -0.2) is 37.6 Å². The first kappa shape index (κ1) is 24.6. The molecule has 1 unspecified atom stereocenters. The minimum absolute atomic E-state index is 0.209. The van der Waals surface area contributed by atoms with E-state index in [4.69, 9.17) is 18.6 Å². The van der Waals surface area contributed by atoms with E-state index in [9.17, 15) is 0 Å². The third-order valence-corrected chi connectivity index (χ3v) is 7.28. The molecule has 3 rings (SSSR count). The van der Waals surface area contributed by atoms with Crippen molar-refractivity contribution in [1.29, 1.82) is 0 Å². The first-order valence-corrected chi connectivity index (χ1v) is 11.9. The highest BCUT2D eigenvalue weighted by Crippen LogP contribution is 2.41. The van der Waals surface area contributed by atoms with Crippen molar-refractivity contribution >= 4 is 19.7 Å². The van der Waals surface area contributed by atoms with Gasteiger partial charge in [0.15, 0.2) is 0 Å². The number of hydrogen-bond donors (Lipinski definition) is 0. The van der Waals surface area contributed by atoms with Crippen LogP contribution < -0.4 is 5.46 Å². The largest absolute Gasteiger partial charge is 0.494 e. The van der Waals surface area contributed by atoms with Gasteiger partial charge in [0.2, 0.25) is 0 Å². The van der Waals surface area contributed by atoms with Crippen molar-refractivity contribution in [3.8, 4) is 0 Å². The van der Waals surface area contributed by atoms with Gasteiger partial charge in [-0.2, -0.15) is 0 Å². The smallest absolute Gasteiger partial charge is 0.408 e. The summed E-state index contributed by atoms with van der Waals surface area (Å²) in [6, 6.07) is 8.80. The van der Waals surface area contributed by atoms with Crippen molar-refractivity contribution in [2.45, 2.75) is 104 Å². The summed E-state index contributed by atoms with van der Waals surface area (Å²) in [7, 11) is -0.533. The van der Waals surface area contributed by atoms with E-state index >= 15 is 0 Å². The van der Waals surface area contributed by atoms with Crippen molar-refractivity contribution in [3.05, 3.63) is 41.4 Å². The molecule has 6 heteroatoms. The Balaban J connectivity index is 1.65. The van der Waals surface area contributed by atoms with Crippen LogP contribution in [0.25, 0.3) is 0 Å². The average molecular weight is 426 g/mol. The molecule has 1 fully saturated rings. The molecule has 0 N–H and O–H groups in total. The molecule has 31 heavy (non-hydrogen) atoms. The van der Waals surface area contributed by atoms with Crippen LogP contribution in [0, 0.1) is 0 Å². The summed E-state index contributed by atoms with van der Waals surface area (Å²) in [4.78, 5) is 0. The lowest BCUT2D eigenvalue weighted by molar-refractivity contribution is 0.00578. The Kier molecular flexibility index (Phi) is 7.47. The Labute approximate surface area is 190 Å². The molecule has 0 radical (unpaired) electrons. The second kappa shape index (κ2) is 9.43. The van der Waals surface area contributed by atoms with Crippen LogP contribution in [-0.2, 0) is 18.6 Å². The van der Waals surface area contributed by atoms with Crippen LogP contribution in [0.4, 0.5) is 0 Å². The lowest BCUT2D eigenvalue weighted by Crippen LogP contribution is -2.43. The summed E-state index contributed by atoms with van der Waals surface area (Å²) in [6.07, 6.45) is 6.42. The van der Waals surface area contributed by atoms with Crippen molar-refractivity contribution in [1.82, 2.24) is 0 Å². The molecule has 1 aliphatic heterocycles. The fourth-order valence-corrected chi connectivity index (χ4v) is 4.01. The first-order chi connectivity index (χ1) is 14.5. The van der Waals surface area contributed by atoms with Crippen LogP contribution in [0.3, 0.4) is 0 Å². The highest BCUT2D eigenvalue weighted by atomic mass is 16.7. The van der Waals surface area contributed by atoms with Gasteiger partial charge in [0, 0.05) is 12.2 Å². The molecule has 1 atom stereocenters. The zero-order valence-corrected chi connectivity index (χ0v) is 20.8. The van der Waals surface area contributed by atoms with E-state index in [1.54, 1.807) is 0 Å². The minimum Gasteiger partial charge on any atom is -0.408 e. The molecule has 4 nitrogen and oxygen atoms in total. The third kappa shape index (κ3) is 5.65. The Morgan fingerprint density at radius 3 is 2.16 bits per heavy atom. The van der Waals surface area contributed by atoms with Gasteiger partial charge in [0.1, 0.15) is 0 Å². The molecule has 0 saturated carbocycles. The predicted octanol–water partition coefficient (Wildman–Crippen LogP) is 5.45. The summed E-state index contributed by atoms with van der Waals surface area (Å²) in [5.74, 6) is 0.527. The van der Waals surface area contributed by atoms with E-state index in [1.165, 1.54) is 11.0 Å². The quantitative estimate of drug-likeness (QED) is 0.519. The van der Waals surface area contributed by atoms with Crippen LogP contribution >= 0.6 is 0 Å². The lowest BCUT2D eigenvalue weighted by Gasteiger charge is -2.32. The predicted molar refractivity (Wildman–Crippen MR) is 130 cm³/mol. The van der Waals surface area contributed by atoms with Crippen molar-refractivity contribution < 1.29 is 18.6 Å². The van der Waals surface area contributed by atoms with Gasteiger partial charge in [0.05, 0.1) is 11.2 Å². The number of rotatable bonds is 8. The molecule has 0 spiro atoms. The van der Waals surface area contributed by atoms with Crippen molar-refractivity contribution in [2.75, 3.05) is 6.61 Å². The normalized spacial score (nSPS) is 23.0. The second-order valence-electron chi connectivity index (χ2n) is 10.5. The Morgan fingerprint density at radius 2 is 1.68 bits per heavy atom. The van der Waals surface area contributed by atoms with Gasteiger partial charge < -0.3 is 18.6 Å². The topological polar surface area (TPSA) is 36.9 Å². The van der Waals surface area contributed by atoms with Gasteiger partial charge in [0.25, 0.3) is 0 Å². The second-order valence-corrected chi connectivity index (χ2v) is 10.5. The van der Waals surface area contributed by atoms with Gasteiger partial charge in [-0.1, -0.05) is 37.3 Å². The van der Waals surface area contributed by atoms with Gasteiger partial charge in [-0.3, -0.25) is 0 Å². The highest BCUT2D eigenvalue weighted by Gasteiger charge is 2.52. The standard InChI is InChI=1S/C25H40B2O4/c1-9-23(3,4)29-26(28-10-2)21-15-11-19(12-16-21)20-13-17-22(18-14-20)27-30-24(5,6)25(7,8)31-27/h11-12,15-17,20H,9-10,13-14,18H2,1-8H3. The van der Waals surface area contributed by atoms with Crippen molar-refractivity contribution in [2.24, 2.45) is 0 Å².